The van der Waals surface area contributed by atoms with Crippen LogP contribution in [0.25, 0.3) is 0 Å². The molecule has 1 aromatic rings. The van der Waals surface area contributed by atoms with Crippen LogP contribution < -0.4 is 5.32 Å². The van der Waals surface area contributed by atoms with Gasteiger partial charge in [-0.05, 0) is 62.6 Å². The van der Waals surface area contributed by atoms with Crippen LogP contribution in [-0.4, -0.2) is 55.4 Å². The standard InChI is InChI=1S/C20H26F3N3O3S/c1-13-4-3-9-26(13)19(27)24-18-8-7-14-11-25(12-17(14)18)30(28,29)16-6-2-5-15(10-16)20(21,22)23/h2,5-6,10,13-14,17-18H,3-4,7-9,11-12H2,1H3,(H,24,27)/t13-,14+,17-,18-/m1/s1. The Hall–Kier alpha value is -1.81. The first-order valence-electron chi connectivity index (χ1n) is 10.3. The molecule has 2 saturated heterocycles. The van der Waals surface area contributed by atoms with Crippen molar-refractivity contribution in [3.05, 3.63) is 29.8 Å². The zero-order valence-corrected chi connectivity index (χ0v) is 17.5. The zero-order chi connectivity index (χ0) is 21.7. The molecule has 0 aromatic heterocycles. The second-order valence-corrected chi connectivity index (χ2v) is 10.5. The molecular weight excluding hydrogens is 419 g/mol. The molecule has 0 unspecified atom stereocenters. The van der Waals surface area contributed by atoms with E-state index in [1.165, 1.54) is 10.4 Å². The van der Waals surface area contributed by atoms with Gasteiger partial charge in [-0.15, -0.1) is 0 Å². The van der Waals surface area contributed by atoms with Crippen molar-refractivity contribution in [2.45, 2.75) is 55.8 Å². The maximum Gasteiger partial charge on any atom is 0.416 e. The highest BCUT2D eigenvalue weighted by Crippen LogP contribution is 2.41. The summed E-state index contributed by atoms with van der Waals surface area (Å²) in [6.07, 6.45) is -1.06. The lowest BCUT2D eigenvalue weighted by Gasteiger charge is -2.27. The van der Waals surface area contributed by atoms with Crippen molar-refractivity contribution in [1.29, 1.82) is 0 Å². The summed E-state index contributed by atoms with van der Waals surface area (Å²) in [6.45, 7) is 3.23. The number of carbonyl (C=O) groups is 1. The van der Waals surface area contributed by atoms with E-state index in [1.54, 1.807) is 0 Å². The average molecular weight is 446 g/mol. The van der Waals surface area contributed by atoms with Crippen molar-refractivity contribution in [2.24, 2.45) is 11.8 Å². The molecule has 166 valence electrons. The molecule has 4 atom stereocenters. The Morgan fingerprint density at radius 1 is 1.17 bits per heavy atom. The first-order valence-corrected chi connectivity index (χ1v) is 11.8. The summed E-state index contributed by atoms with van der Waals surface area (Å²) in [5.74, 6) is 0.0827. The van der Waals surface area contributed by atoms with Crippen LogP contribution in [-0.2, 0) is 16.2 Å². The van der Waals surface area contributed by atoms with Gasteiger partial charge in [0.25, 0.3) is 0 Å². The number of carbonyl (C=O) groups excluding carboxylic acids is 1. The maximum absolute atomic E-state index is 13.0. The quantitative estimate of drug-likeness (QED) is 0.776. The summed E-state index contributed by atoms with van der Waals surface area (Å²) in [5, 5.41) is 3.08. The molecule has 0 bridgehead atoms. The van der Waals surface area contributed by atoms with Gasteiger partial charge < -0.3 is 10.2 Å². The maximum atomic E-state index is 13.0. The molecule has 1 saturated carbocycles. The lowest BCUT2D eigenvalue weighted by atomic mass is 9.98. The Morgan fingerprint density at radius 2 is 1.93 bits per heavy atom. The van der Waals surface area contributed by atoms with E-state index in [2.05, 4.69) is 5.32 Å². The fourth-order valence-electron chi connectivity index (χ4n) is 5.06. The van der Waals surface area contributed by atoms with E-state index >= 15 is 0 Å². The summed E-state index contributed by atoms with van der Waals surface area (Å²) in [7, 11) is -4.03. The highest BCUT2D eigenvalue weighted by molar-refractivity contribution is 7.89. The number of amides is 2. The minimum Gasteiger partial charge on any atom is -0.335 e. The molecule has 1 N–H and O–H groups in total. The van der Waals surface area contributed by atoms with Gasteiger partial charge in [0, 0.05) is 31.7 Å². The van der Waals surface area contributed by atoms with Crippen molar-refractivity contribution in [1.82, 2.24) is 14.5 Å². The molecule has 30 heavy (non-hydrogen) atoms. The molecule has 0 spiro atoms. The van der Waals surface area contributed by atoms with Crippen LogP contribution in [0.3, 0.4) is 0 Å². The lowest BCUT2D eigenvalue weighted by Crippen LogP contribution is -2.48. The van der Waals surface area contributed by atoms with Gasteiger partial charge in [0.1, 0.15) is 0 Å². The smallest absolute Gasteiger partial charge is 0.335 e. The summed E-state index contributed by atoms with van der Waals surface area (Å²) in [6, 6.07) is 3.85. The third-order valence-corrected chi connectivity index (χ3v) is 8.57. The molecule has 3 aliphatic rings. The normalized spacial score (nSPS) is 29.9. The number of sulfonamides is 1. The van der Waals surface area contributed by atoms with Crippen molar-refractivity contribution >= 4 is 16.1 Å². The number of alkyl halides is 3. The van der Waals surface area contributed by atoms with Gasteiger partial charge in [0.05, 0.1) is 10.5 Å². The third-order valence-electron chi connectivity index (χ3n) is 6.75. The molecular formula is C20H26F3N3O3S. The highest BCUT2D eigenvalue weighted by Gasteiger charge is 2.47. The number of halogens is 3. The van der Waals surface area contributed by atoms with Gasteiger partial charge in [-0.3, -0.25) is 0 Å². The Bertz CT molecular complexity index is 921. The number of nitrogens with zero attached hydrogens (tertiary/aromatic N) is 2. The first-order chi connectivity index (χ1) is 14.1. The molecule has 3 fully saturated rings. The molecule has 0 radical (unpaired) electrons. The van der Waals surface area contributed by atoms with E-state index < -0.39 is 21.8 Å². The first kappa shape index (κ1) is 21.4. The number of urea groups is 1. The molecule has 4 rings (SSSR count). The number of hydrogen-bond acceptors (Lipinski definition) is 3. The van der Waals surface area contributed by atoms with Crippen LogP contribution in [0.1, 0.15) is 38.2 Å². The number of rotatable bonds is 3. The summed E-state index contributed by atoms with van der Waals surface area (Å²) < 4.78 is 66.2. The van der Waals surface area contributed by atoms with Crippen molar-refractivity contribution in [3.63, 3.8) is 0 Å². The van der Waals surface area contributed by atoms with Gasteiger partial charge in [0.15, 0.2) is 0 Å². The monoisotopic (exact) mass is 445 g/mol. The van der Waals surface area contributed by atoms with E-state index in [-0.39, 0.29) is 47.9 Å². The van der Waals surface area contributed by atoms with E-state index in [0.717, 1.165) is 44.4 Å². The van der Waals surface area contributed by atoms with Gasteiger partial charge in [0.2, 0.25) is 10.0 Å². The fraction of sp³-hybridized carbons (Fsp3) is 0.650. The molecule has 2 heterocycles. The van der Waals surface area contributed by atoms with Crippen molar-refractivity contribution in [3.8, 4) is 0 Å². The number of likely N-dealkylation sites (tertiary alicyclic amines) is 1. The Morgan fingerprint density at radius 3 is 2.60 bits per heavy atom. The van der Waals surface area contributed by atoms with Crippen LogP contribution in [0.4, 0.5) is 18.0 Å². The highest BCUT2D eigenvalue weighted by atomic mass is 32.2. The van der Waals surface area contributed by atoms with E-state index in [4.69, 9.17) is 0 Å². The van der Waals surface area contributed by atoms with Gasteiger partial charge in [-0.25, -0.2) is 13.2 Å². The van der Waals surface area contributed by atoms with E-state index in [1.807, 2.05) is 11.8 Å². The predicted molar refractivity (Wildman–Crippen MR) is 104 cm³/mol. The molecule has 1 aliphatic carbocycles. The molecule has 2 aliphatic heterocycles. The molecule has 10 heteroatoms. The second kappa shape index (κ2) is 7.71. The van der Waals surface area contributed by atoms with Crippen LogP contribution in [0, 0.1) is 11.8 Å². The Kier molecular flexibility index (Phi) is 5.50. The topological polar surface area (TPSA) is 69.7 Å². The summed E-state index contributed by atoms with van der Waals surface area (Å²) in [5.41, 5.74) is -0.979. The SMILES string of the molecule is C[C@@H]1CCCN1C(=O)N[C@@H]1CC[C@H]2CN(S(=O)(=O)c3cccc(C(F)(F)F)c3)C[C@H]21. The lowest BCUT2D eigenvalue weighted by molar-refractivity contribution is -0.137. The van der Waals surface area contributed by atoms with Crippen LogP contribution in [0.2, 0.25) is 0 Å². The molecule has 2 amide bonds. The number of fused-ring (bicyclic) bond motifs is 1. The third kappa shape index (κ3) is 3.91. The van der Waals surface area contributed by atoms with Crippen LogP contribution in [0.15, 0.2) is 29.2 Å². The minimum absolute atomic E-state index is 0.0209. The van der Waals surface area contributed by atoms with Gasteiger partial charge in [-0.1, -0.05) is 6.07 Å². The number of nitrogens with one attached hydrogen (secondary N) is 1. The molecule has 1 aromatic carbocycles. The Labute approximate surface area is 174 Å². The minimum atomic E-state index is -4.60. The largest absolute Gasteiger partial charge is 0.416 e. The number of hydrogen-bond donors (Lipinski definition) is 1. The van der Waals surface area contributed by atoms with Gasteiger partial charge in [-0.2, -0.15) is 17.5 Å². The van der Waals surface area contributed by atoms with Crippen LogP contribution in [0.5, 0.6) is 0 Å². The van der Waals surface area contributed by atoms with Crippen molar-refractivity contribution in [2.75, 3.05) is 19.6 Å². The second-order valence-electron chi connectivity index (χ2n) is 8.59. The van der Waals surface area contributed by atoms with E-state index in [9.17, 15) is 26.4 Å². The zero-order valence-electron chi connectivity index (χ0n) is 16.7. The molecule has 6 nitrogen and oxygen atoms in total. The summed E-state index contributed by atoms with van der Waals surface area (Å²) >= 11 is 0. The average Bonchev–Trinajstić information content (AvgIpc) is 3.38. The Balaban J connectivity index is 1.46. The summed E-state index contributed by atoms with van der Waals surface area (Å²) in [4.78, 5) is 14.1. The fourth-order valence-corrected chi connectivity index (χ4v) is 6.64. The van der Waals surface area contributed by atoms with E-state index in [0.29, 0.717) is 6.07 Å². The van der Waals surface area contributed by atoms with Crippen molar-refractivity contribution < 1.29 is 26.4 Å². The number of benzene rings is 1. The van der Waals surface area contributed by atoms with Gasteiger partial charge >= 0.3 is 12.2 Å². The predicted octanol–water partition coefficient (Wildman–Crippen LogP) is 3.30. The van der Waals surface area contributed by atoms with Crippen LogP contribution >= 0.6 is 0 Å².